The number of aromatic nitrogens is 2. The minimum atomic E-state index is -0.566. The van der Waals surface area contributed by atoms with Crippen LogP contribution in [0.1, 0.15) is 24.4 Å². The van der Waals surface area contributed by atoms with Gasteiger partial charge in [0, 0.05) is 18.0 Å². The molecule has 100 valence electrons. The summed E-state index contributed by atoms with van der Waals surface area (Å²) in [6, 6.07) is 8.84. The molecule has 1 unspecified atom stereocenters. The molecule has 0 aliphatic heterocycles. The van der Waals surface area contributed by atoms with Crippen LogP contribution in [0.15, 0.2) is 30.3 Å². The Hall–Kier alpha value is -1.95. The highest BCUT2D eigenvalue weighted by molar-refractivity contribution is 7.09. The van der Waals surface area contributed by atoms with Crippen molar-refractivity contribution in [3.05, 3.63) is 41.7 Å². The third-order valence-corrected chi connectivity index (χ3v) is 3.31. The van der Waals surface area contributed by atoms with E-state index in [1.54, 1.807) is 0 Å². The molecule has 19 heavy (non-hydrogen) atoms. The zero-order valence-electron chi connectivity index (χ0n) is 10.8. The maximum absolute atomic E-state index is 11.9. The number of nitrogens with one attached hydrogen (secondary N) is 1. The van der Waals surface area contributed by atoms with Gasteiger partial charge in [-0.15, -0.1) is 0 Å². The van der Waals surface area contributed by atoms with Crippen molar-refractivity contribution in [1.82, 2.24) is 9.36 Å². The molecular formula is C13H15N3O2S. The number of hydrogen-bond acceptors (Lipinski definition) is 6. The van der Waals surface area contributed by atoms with Crippen LogP contribution in [-0.2, 0) is 16.0 Å². The predicted octanol–water partition coefficient (Wildman–Crippen LogP) is 2.43. The van der Waals surface area contributed by atoms with Gasteiger partial charge in [0.05, 0.1) is 7.11 Å². The van der Waals surface area contributed by atoms with E-state index in [2.05, 4.69) is 14.7 Å². The molecule has 2 rings (SSSR count). The van der Waals surface area contributed by atoms with Crippen LogP contribution in [0.2, 0.25) is 0 Å². The van der Waals surface area contributed by atoms with Gasteiger partial charge < -0.3 is 10.1 Å². The van der Waals surface area contributed by atoms with Gasteiger partial charge in [0.25, 0.3) is 0 Å². The maximum Gasteiger partial charge on any atom is 0.333 e. The third kappa shape index (κ3) is 3.29. The highest BCUT2D eigenvalue weighted by Gasteiger charge is 2.22. The van der Waals surface area contributed by atoms with Crippen LogP contribution in [0.4, 0.5) is 5.13 Å². The molecule has 0 spiro atoms. The molecule has 2 aromatic rings. The Morgan fingerprint density at radius 3 is 2.74 bits per heavy atom. The fourth-order valence-electron chi connectivity index (χ4n) is 1.62. The minimum absolute atomic E-state index is 0.348. The number of esters is 1. The van der Waals surface area contributed by atoms with E-state index in [1.165, 1.54) is 18.6 Å². The highest BCUT2D eigenvalue weighted by atomic mass is 32.1. The Morgan fingerprint density at radius 2 is 2.16 bits per heavy atom. The van der Waals surface area contributed by atoms with Gasteiger partial charge >= 0.3 is 5.97 Å². The lowest BCUT2D eigenvalue weighted by Gasteiger charge is -2.15. The van der Waals surface area contributed by atoms with Gasteiger partial charge in [-0.05, 0) is 5.56 Å². The summed E-state index contributed by atoms with van der Waals surface area (Å²) in [5.74, 6) is 0.420. The van der Waals surface area contributed by atoms with E-state index in [4.69, 9.17) is 4.74 Å². The molecule has 0 saturated heterocycles. The molecule has 0 fully saturated rings. The Kier molecular flexibility index (Phi) is 4.46. The third-order valence-electron chi connectivity index (χ3n) is 2.62. The summed E-state index contributed by atoms with van der Waals surface area (Å²) in [4.78, 5) is 16.2. The molecule has 0 aliphatic rings. The topological polar surface area (TPSA) is 64.1 Å². The number of aryl methyl sites for hydroxylation is 1. The van der Waals surface area contributed by atoms with E-state index < -0.39 is 6.04 Å². The molecule has 6 heteroatoms. The number of rotatable bonds is 5. The summed E-state index contributed by atoms with van der Waals surface area (Å²) in [5, 5.41) is 3.69. The average Bonchev–Trinajstić information content (AvgIpc) is 2.92. The number of methoxy groups -OCH3 is 1. The summed E-state index contributed by atoms with van der Waals surface area (Å²) in [7, 11) is 1.37. The Labute approximate surface area is 115 Å². The summed E-state index contributed by atoms with van der Waals surface area (Å²) in [6.45, 7) is 1.99. The van der Waals surface area contributed by atoms with Gasteiger partial charge in [0.15, 0.2) is 6.04 Å². The first-order valence-corrected chi connectivity index (χ1v) is 6.73. The molecule has 1 atom stereocenters. The summed E-state index contributed by atoms with van der Waals surface area (Å²) in [6.07, 6.45) is 0.770. The van der Waals surface area contributed by atoms with Crippen molar-refractivity contribution in [1.29, 1.82) is 0 Å². The lowest BCUT2D eigenvalue weighted by atomic mass is 10.1. The van der Waals surface area contributed by atoms with Crippen LogP contribution in [-0.4, -0.2) is 22.4 Å². The smallest absolute Gasteiger partial charge is 0.333 e. The average molecular weight is 277 g/mol. The van der Waals surface area contributed by atoms with Crippen molar-refractivity contribution in [2.45, 2.75) is 19.4 Å². The zero-order valence-corrected chi connectivity index (χ0v) is 11.6. The van der Waals surface area contributed by atoms with Crippen molar-refractivity contribution in [2.75, 3.05) is 12.4 Å². The van der Waals surface area contributed by atoms with Crippen molar-refractivity contribution in [3.8, 4) is 0 Å². The molecule has 1 aromatic carbocycles. The maximum atomic E-state index is 11.9. The largest absolute Gasteiger partial charge is 0.467 e. The highest BCUT2D eigenvalue weighted by Crippen LogP contribution is 2.22. The quantitative estimate of drug-likeness (QED) is 0.850. The Bertz CT molecular complexity index is 542. The second kappa shape index (κ2) is 6.29. The summed E-state index contributed by atoms with van der Waals surface area (Å²) in [5.41, 5.74) is 0.836. The molecule has 1 N–H and O–H groups in total. The molecule has 0 radical (unpaired) electrons. The van der Waals surface area contributed by atoms with E-state index in [0.717, 1.165) is 17.8 Å². The Morgan fingerprint density at radius 1 is 1.42 bits per heavy atom. The van der Waals surface area contributed by atoms with Crippen LogP contribution in [0.3, 0.4) is 0 Å². The molecule has 1 heterocycles. The van der Waals surface area contributed by atoms with Gasteiger partial charge in [-0.1, -0.05) is 37.3 Å². The van der Waals surface area contributed by atoms with Crippen molar-refractivity contribution < 1.29 is 9.53 Å². The van der Waals surface area contributed by atoms with Crippen LogP contribution in [0.5, 0.6) is 0 Å². The van der Waals surface area contributed by atoms with Gasteiger partial charge in [0.1, 0.15) is 5.82 Å². The monoisotopic (exact) mass is 277 g/mol. The van der Waals surface area contributed by atoms with E-state index in [1.807, 2.05) is 37.3 Å². The molecule has 0 bridgehead atoms. The van der Waals surface area contributed by atoms with Crippen molar-refractivity contribution >= 4 is 22.6 Å². The molecule has 5 nitrogen and oxygen atoms in total. The standard InChI is InChI=1S/C13H15N3O2S/c1-3-10-14-13(19-16-10)15-11(12(17)18-2)9-7-5-4-6-8-9/h4-8,11H,3H2,1-2H3,(H,14,15,16). The van der Waals surface area contributed by atoms with Crippen molar-refractivity contribution in [3.63, 3.8) is 0 Å². The fourth-order valence-corrected chi connectivity index (χ4v) is 2.30. The van der Waals surface area contributed by atoms with Gasteiger partial charge in [-0.25, -0.2) is 9.78 Å². The zero-order chi connectivity index (χ0) is 13.7. The first kappa shape index (κ1) is 13.5. The number of carbonyl (C=O) groups excluding carboxylic acids is 1. The molecular weight excluding hydrogens is 262 g/mol. The van der Waals surface area contributed by atoms with Crippen LogP contribution < -0.4 is 5.32 Å². The van der Waals surface area contributed by atoms with Crippen LogP contribution in [0, 0.1) is 0 Å². The van der Waals surface area contributed by atoms with Gasteiger partial charge in [-0.3, -0.25) is 0 Å². The lowest BCUT2D eigenvalue weighted by molar-refractivity contribution is -0.141. The van der Waals surface area contributed by atoms with Crippen molar-refractivity contribution in [2.24, 2.45) is 0 Å². The van der Waals surface area contributed by atoms with E-state index >= 15 is 0 Å². The lowest BCUT2D eigenvalue weighted by Crippen LogP contribution is -2.22. The molecule has 0 amide bonds. The summed E-state index contributed by atoms with van der Waals surface area (Å²) < 4.78 is 9.01. The second-order valence-electron chi connectivity index (χ2n) is 3.88. The molecule has 1 aromatic heterocycles. The van der Waals surface area contributed by atoms with E-state index in [-0.39, 0.29) is 5.97 Å². The SMILES string of the molecule is CCc1nsc(NC(C(=O)OC)c2ccccc2)n1. The minimum Gasteiger partial charge on any atom is -0.467 e. The van der Waals surface area contributed by atoms with E-state index in [9.17, 15) is 4.79 Å². The number of ether oxygens (including phenoxy) is 1. The summed E-state index contributed by atoms with van der Waals surface area (Å²) >= 11 is 1.25. The fraction of sp³-hybridized carbons (Fsp3) is 0.308. The number of nitrogens with zero attached hydrogens (tertiary/aromatic N) is 2. The normalized spacial score (nSPS) is 11.9. The first-order valence-electron chi connectivity index (χ1n) is 5.96. The first-order chi connectivity index (χ1) is 9.24. The van der Waals surface area contributed by atoms with Crippen LogP contribution in [0.25, 0.3) is 0 Å². The predicted molar refractivity (Wildman–Crippen MR) is 74.1 cm³/mol. The van der Waals surface area contributed by atoms with E-state index in [0.29, 0.717) is 5.13 Å². The second-order valence-corrected chi connectivity index (χ2v) is 4.63. The number of hydrogen-bond donors (Lipinski definition) is 1. The molecule has 0 aliphatic carbocycles. The Balaban J connectivity index is 2.21. The molecule has 0 saturated carbocycles. The van der Waals surface area contributed by atoms with Crippen LogP contribution >= 0.6 is 11.5 Å². The van der Waals surface area contributed by atoms with Gasteiger partial charge in [-0.2, -0.15) is 4.37 Å². The number of anilines is 1. The number of benzene rings is 1. The van der Waals surface area contributed by atoms with Gasteiger partial charge in [0.2, 0.25) is 5.13 Å². The number of carbonyl (C=O) groups is 1.